The molecule has 1 aromatic rings. The van der Waals surface area contributed by atoms with Crippen LogP contribution in [0.25, 0.3) is 0 Å². The molecule has 3 heteroatoms. The van der Waals surface area contributed by atoms with E-state index in [1.54, 1.807) is 12.1 Å². The molecule has 0 N–H and O–H groups in total. The van der Waals surface area contributed by atoms with Gasteiger partial charge in [-0.2, -0.15) is 0 Å². The summed E-state index contributed by atoms with van der Waals surface area (Å²) >= 11 is 7.22. The highest BCUT2D eigenvalue weighted by molar-refractivity contribution is 9.09. The molecule has 0 atom stereocenters. The summed E-state index contributed by atoms with van der Waals surface area (Å²) in [5, 5.41) is 1.59. The molecule has 21 heavy (non-hydrogen) atoms. The molecule has 0 bridgehead atoms. The number of alkyl halides is 2. The molecule has 0 aliphatic rings. The van der Waals surface area contributed by atoms with Gasteiger partial charge in [-0.3, -0.25) is 0 Å². The SMILES string of the molecule is CCCCCCCCCC(CBr)(CBr)c1ccccc1F. The van der Waals surface area contributed by atoms with E-state index in [9.17, 15) is 4.39 Å². The van der Waals surface area contributed by atoms with E-state index < -0.39 is 0 Å². The van der Waals surface area contributed by atoms with Gasteiger partial charge in [0.15, 0.2) is 0 Å². The minimum atomic E-state index is -0.130. The van der Waals surface area contributed by atoms with E-state index in [1.165, 1.54) is 38.5 Å². The molecule has 0 nitrogen and oxygen atoms in total. The van der Waals surface area contributed by atoms with Crippen LogP contribution in [0.4, 0.5) is 4.39 Å². The van der Waals surface area contributed by atoms with Gasteiger partial charge in [-0.05, 0) is 18.1 Å². The van der Waals surface area contributed by atoms with Crippen LogP contribution in [0.3, 0.4) is 0 Å². The van der Waals surface area contributed by atoms with Gasteiger partial charge >= 0.3 is 0 Å². The Kier molecular flexibility index (Phi) is 9.83. The standard InChI is InChI=1S/C18H27Br2F/c1-2-3-4-5-6-7-10-13-18(14-19,15-20)16-11-8-9-12-17(16)21/h8-9,11-12H,2-7,10,13-15H2,1H3. The Morgan fingerprint density at radius 2 is 1.48 bits per heavy atom. The minimum absolute atomic E-state index is 0.0839. The molecule has 0 radical (unpaired) electrons. The van der Waals surface area contributed by atoms with Crippen LogP contribution >= 0.6 is 31.9 Å². The molecule has 1 rings (SSSR count). The van der Waals surface area contributed by atoms with Crippen LogP contribution in [0, 0.1) is 5.82 Å². The number of rotatable bonds is 11. The lowest BCUT2D eigenvalue weighted by Gasteiger charge is -2.31. The summed E-state index contributed by atoms with van der Waals surface area (Å²) in [6.07, 6.45) is 10.1. The molecule has 0 fully saturated rings. The van der Waals surface area contributed by atoms with Gasteiger partial charge in [0.25, 0.3) is 0 Å². The van der Waals surface area contributed by atoms with E-state index in [-0.39, 0.29) is 11.2 Å². The zero-order valence-corrected chi connectivity index (χ0v) is 16.2. The maximum atomic E-state index is 14.1. The topological polar surface area (TPSA) is 0 Å². The largest absolute Gasteiger partial charge is 0.207 e. The Labute approximate surface area is 146 Å². The van der Waals surface area contributed by atoms with Crippen molar-refractivity contribution in [2.75, 3.05) is 10.7 Å². The summed E-state index contributed by atoms with van der Waals surface area (Å²) in [4.78, 5) is 0. The number of halogens is 3. The summed E-state index contributed by atoms with van der Waals surface area (Å²) in [6, 6.07) is 7.20. The zero-order chi connectivity index (χ0) is 15.6. The number of hydrogen-bond acceptors (Lipinski definition) is 0. The first-order chi connectivity index (χ1) is 10.2. The summed E-state index contributed by atoms with van der Waals surface area (Å²) < 4.78 is 14.1. The van der Waals surface area contributed by atoms with E-state index in [2.05, 4.69) is 38.8 Å². The van der Waals surface area contributed by atoms with Crippen LogP contribution in [0.2, 0.25) is 0 Å². The van der Waals surface area contributed by atoms with Crippen molar-refractivity contribution in [2.45, 2.75) is 63.7 Å². The Hall–Kier alpha value is 0.110. The first kappa shape index (κ1) is 19.2. The first-order valence-electron chi connectivity index (χ1n) is 8.07. The van der Waals surface area contributed by atoms with Crippen molar-refractivity contribution in [3.05, 3.63) is 35.6 Å². The van der Waals surface area contributed by atoms with Gasteiger partial charge in [-0.15, -0.1) is 0 Å². The van der Waals surface area contributed by atoms with Crippen molar-refractivity contribution in [2.24, 2.45) is 0 Å². The smallest absolute Gasteiger partial charge is 0.127 e. The Bertz CT molecular complexity index is 389. The Balaban J connectivity index is 2.52. The normalized spacial score (nSPS) is 11.8. The van der Waals surface area contributed by atoms with Crippen LogP contribution in [-0.2, 0) is 5.41 Å². The number of hydrogen-bond donors (Lipinski definition) is 0. The predicted molar refractivity (Wildman–Crippen MR) is 98.3 cm³/mol. The fourth-order valence-electron chi connectivity index (χ4n) is 2.76. The van der Waals surface area contributed by atoms with E-state index in [4.69, 9.17) is 0 Å². The maximum absolute atomic E-state index is 14.1. The third kappa shape index (κ3) is 6.02. The second-order valence-electron chi connectivity index (χ2n) is 5.90. The highest BCUT2D eigenvalue weighted by Crippen LogP contribution is 2.35. The van der Waals surface area contributed by atoms with Gasteiger partial charge in [0, 0.05) is 16.1 Å². The molecular weight excluding hydrogens is 395 g/mol. The lowest BCUT2D eigenvalue weighted by Crippen LogP contribution is -2.31. The van der Waals surface area contributed by atoms with Gasteiger partial charge in [0.1, 0.15) is 5.82 Å². The van der Waals surface area contributed by atoms with Crippen LogP contribution in [0.5, 0.6) is 0 Å². The average Bonchev–Trinajstić information content (AvgIpc) is 2.52. The van der Waals surface area contributed by atoms with Crippen LogP contribution in [0.1, 0.15) is 63.9 Å². The van der Waals surface area contributed by atoms with Crippen molar-refractivity contribution in [3.8, 4) is 0 Å². The Morgan fingerprint density at radius 3 is 2.05 bits per heavy atom. The lowest BCUT2D eigenvalue weighted by molar-refractivity contribution is 0.439. The maximum Gasteiger partial charge on any atom is 0.127 e. The first-order valence-corrected chi connectivity index (χ1v) is 10.3. The van der Waals surface area contributed by atoms with E-state index in [0.29, 0.717) is 0 Å². The molecule has 1 aromatic carbocycles. The van der Waals surface area contributed by atoms with E-state index in [1.807, 2.05) is 12.1 Å². The van der Waals surface area contributed by atoms with Crippen molar-refractivity contribution >= 4 is 31.9 Å². The molecule has 0 aromatic heterocycles. The molecule has 0 saturated carbocycles. The number of benzene rings is 1. The Morgan fingerprint density at radius 1 is 0.905 bits per heavy atom. The highest BCUT2D eigenvalue weighted by Gasteiger charge is 2.31. The molecule has 0 aliphatic carbocycles. The van der Waals surface area contributed by atoms with Gasteiger partial charge in [0.2, 0.25) is 0 Å². The predicted octanol–water partition coefficient (Wildman–Crippen LogP) is 6.99. The van der Waals surface area contributed by atoms with E-state index >= 15 is 0 Å². The van der Waals surface area contributed by atoms with Crippen molar-refractivity contribution in [1.82, 2.24) is 0 Å². The molecule has 0 saturated heterocycles. The van der Waals surface area contributed by atoms with Gasteiger partial charge in [0.05, 0.1) is 0 Å². The average molecular weight is 422 g/mol. The minimum Gasteiger partial charge on any atom is -0.207 e. The summed E-state index contributed by atoms with van der Waals surface area (Å²) in [5.74, 6) is -0.0839. The zero-order valence-electron chi connectivity index (χ0n) is 13.0. The number of unbranched alkanes of at least 4 members (excludes halogenated alkanes) is 6. The monoisotopic (exact) mass is 420 g/mol. The fraction of sp³-hybridized carbons (Fsp3) is 0.667. The van der Waals surface area contributed by atoms with Crippen LogP contribution < -0.4 is 0 Å². The summed E-state index contributed by atoms with van der Waals surface area (Å²) in [7, 11) is 0. The molecule has 0 unspecified atom stereocenters. The molecule has 0 heterocycles. The molecular formula is C18H27Br2F. The highest BCUT2D eigenvalue weighted by atomic mass is 79.9. The van der Waals surface area contributed by atoms with Crippen molar-refractivity contribution < 1.29 is 4.39 Å². The van der Waals surface area contributed by atoms with Gasteiger partial charge < -0.3 is 0 Å². The summed E-state index contributed by atoms with van der Waals surface area (Å²) in [5.41, 5.74) is 0.708. The second-order valence-corrected chi connectivity index (χ2v) is 7.02. The third-order valence-corrected chi connectivity index (χ3v) is 6.36. The molecule has 0 aliphatic heterocycles. The van der Waals surface area contributed by atoms with Crippen molar-refractivity contribution in [1.29, 1.82) is 0 Å². The third-order valence-electron chi connectivity index (χ3n) is 4.22. The van der Waals surface area contributed by atoms with E-state index in [0.717, 1.165) is 29.1 Å². The van der Waals surface area contributed by atoms with Crippen LogP contribution in [0.15, 0.2) is 24.3 Å². The lowest BCUT2D eigenvalue weighted by atomic mass is 9.79. The molecule has 0 amide bonds. The van der Waals surface area contributed by atoms with Gasteiger partial charge in [-0.1, -0.05) is 102 Å². The van der Waals surface area contributed by atoms with Crippen molar-refractivity contribution in [3.63, 3.8) is 0 Å². The van der Waals surface area contributed by atoms with Gasteiger partial charge in [-0.25, -0.2) is 4.39 Å². The van der Waals surface area contributed by atoms with Crippen LogP contribution in [-0.4, -0.2) is 10.7 Å². The fourth-order valence-corrected chi connectivity index (χ4v) is 4.85. The molecule has 120 valence electrons. The molecule has 0 spiro atoms. The summed E-state index contributed by atoms with van der Waals surface area (Å²) in [6.45, 7) is 2.24. The quantitative estimate of drug-likeness (QED) is 0.266. The second kappa shape index (κ2) is 10.8.